The van der Waals surface area contributed by atoms with E-state index in [-0.39, 0.29) is 11.5 Å². The van der Waals surface area contributed by atoms with Gasteiger partial charge in [-0.25, -0.2) is 18.7 Å². The zero-order chi connectivity index (χ0) is 20.2. The summed E-state index contributed by atoms with van der Waals surface area (Å²) < 4.78 is 27.4. The fourth-order valence-electron chi connectivity index (χ4n) is 3.42. The van der Waals surface area contributed by atoms with Gasteiger partial charge in [-0.2, -0.15) is 0 Å². The molecule has 0 bridgehead atoms. The lowest BCUT2D eigenvalue weighted by molar-refractivity contribution is 0.249. The maximum atomic E-state index is 13.9. The summed E-state index contributed by atoms with van der Waals surface area (Å²) in [5.74, 6) is -0.276. The second-order valence-electron chi connectivity index (χ2n) is 6.96. The van der Waals surface area contributed by atoms with Gasteiger partial charge in [-0.3, -0.25) is 4.90 Å². The molecule has 4 rings (SSSR count). The molecule has 0 atom stereocenters. The SMILES string of the molecule is Nc1c(Nc2cc(F)ccc2F)ncnc1N1CCN(Cc2ccccc2)CC1. The van der Waals surface area contributed by atoms with E-state index in [1.54, 1.807) is 0 Å². The molecule has 1 fully saturated rings. The number of nitrogens with one attached hydrogen (secondary N) is 1. The van der Waals surface area contributed by atoms with Crippen molar-refractivity contribution in [3.05, 3.63) is 72.1 Å². The molecule has 2 heterocycles. The summed E-state index contributed by atoms with van der Waals surface area (Å²) in [6, 6.07) is 13.5. The zero-order valence-electron chi connectivity index (χ0n) is 15.9. The molecule has 150 valence electrons. The monoisotopic (exact) mass is 396 g/mol. The van der Waals surface area contributed by atoms with Gasteiger partial charge in [-0.05, 0) is 17.7 Å². The Labute approximate surface area is 168 Å². The van der Waals surface area contributed by atoms with E-state index in [9.17, 15) is 8.78 Å². The van der Waals surface area contributed by atoms with Gasteiger partial charge in [-0.1, -0.05) is 30.3 Å². The third kappa shape index (κ3) is 4.43. The highest BCUT2D eigenvalue weighted by atomic mass is 19.1. The van der Waals surface area contributed by atoms with E-state index >= 15 is 0 Å². The molecule has 1 saturated heterocycles. The fourth-order valence-corrected chi connectivity index (χ4v) is 3.42. The number of anilines is 4. The van der Waals surface area contributed by atoms with Gasteiger partial charge < -0.3 is 16.0 Å². The Hall–Kier alpha value is -3.26. The third-order valence-corrected chi connectivity index (χ3v) is 4.97. The highest BCUT2D eigenvalue weighted by Crippen LogP contribution is 2.30. The number of hydrogen-bond donors (Lipinski definition) is 2. The summed E-state index contributed by atoms with van der Waals surface area (Å²) in [7, 11) is 0. The second-order valence-corrected chi connectivity index (χ2v) is 6.96. The molecule has 0 aliphatic carbocycles. The van der Waals surface area contributed by atoms with Crippen LogP contribution in [-0.4, -0.2) is 41.0 Å². The van der Waals surface area contributed by atoms with Crippen molar-refractivity contribution < 1.29 is 8.78 Å². The highest BCUT2D eigenvalue weighted by molar-refractivity contribution is 5.78. The second kappa shape index (κ2) is 8.40. The highest BCUT2D eigenvalue weighted by Gasteiger charge is 2.21. The van der Waals surface area contributed by atoms with Crippen molar-refractivity contribution in [3.63, 3.8) is 0 Å². The first-order chi connectivity index (χ1) is 14.1. The van der Waals surface area contributed by atoms with Crippen LogP contribution < -0.4 is 16.0 Å². The number of aromatic nitrogens is 2. The largest absolute Gasteiger partial charge is 0.393 e. The molecule has 3 N–H and O–H groups in total. The number of hydrogen-bond acceptors (Lipinski definition) is 6. The lowest BCUT2D eigenvalue weighted by Gasteiger charge is -2.36. The normalized spacial score (nSPS) is 14.8. The van der Waals surface area contributed by atoms with Crippen molar-refractivity contribution in [2.75, 3.05) is 42.1 Å². The molecule has 0 saturated carbocycles. The maximum absolute atomic E-state index is 13.9. The Balaban J connectivity index is 1.44. The van der Waals surface area contributed by atoms with Crippen LogP contribution in [0.25, 0.3) is 0 Å². The number of nitrogens with two attached hydrogens (primary N) is 1. The van der Waals surface area contributed by atoms with Crippen molar-refractivity contribution in [2.24, 2.45) is 0 Å². The van der Waals surface area contributed by atoms with Crippen LogP contribution in [0.2, 0.25) is 0 Å². The quantitative estimate of drug-likeness (QED) is 0.689. The van der Waals surface area contributed by atoms with Crippen molar-refractivity contribution in [2.45, 2.75) is 6.54 Å². The van der Waals surface area contributed by atoms with Gasteiger partial charge in [0.05, 0.1) is 5.69 Å². The van der Waals surface area contributed by atoms with E-state index in [2.05, 4.69) is 37.2 Å². The van der Waals surface area contributed by atoms with Crippen LogP contribution in [-0.2, 0) is 6.54 Å². The number of rotatable bonds is 5. The smallest absolute Gasteiger partial charge is 0.159 e. The topological polar surface area (TPSA) is 70.3 Å². The summed E-state index contributed by atoms with van der Waals surface area (Å²) in [5.41, 5.74) is 7.83. The number of nitrogens with zero attached hydrogens (tertiary/aromatic N) is 4. The molecule has 1 aromatic heterocycles. The van der Waals surface area contributed by atoms with Gasteiger partial charge in [0.2, 0.25) is 0 Å². The molecule has 0 unspecified atom stereocenters. The van der Waals surface area contributed by atoms with Crippen molar-refractivity contribution >= 4 is 23.0 Å². The van der Waals surface area contributed by atoms with E-state index in [0.29, 0.717) is 11.5 Å². The van der Waals surface area contributed by atoms with Crippen LogP contribution in [0, 0.1) is 11.6 Å². The molecule has 0 spiro atoms. The molecule has 6 nitrogen and oxygen atoms in total. The standard InChI is InChI=1S/C21H22F2N6/c22-16-6-7-17(23)18(12-16)27-20-19(24)21(26-14-25-20)29-10-8-28(9-11-29)13-15-4-2-1-3-5-15/h1-7,12,14H,8-11,13,24H2,(H,25,26,27). The number of piperazine rings is 1. The van der Waals surface area contributed by atoms with E-state index < -0.39 is 11.6 Å². The van der Waals surface area contributed by atoms with Crippen LogP contribution in [0.3, 0.4) is 0 Å². The average molecular weight is 396 g/mol. The van der Waals surface area contributed by atoms with Crippen molar-refractivity contribution in [1.82, 2.24) is 14.9 Å². The van der Waals surface area contributed by atoms with Gasteiger partial charge in [0.15, 0.2) is 11.6 Å². The molecule has 8 heteroatoms. The summed E-state index contributed by atoms with van der Waals surface area (Å²) in [6.07, 6.45) is 1.38. The summed E-state index contributed by atoms with van der Waals surface area (Å²) >= 11 is 0. The molecule has 29 heavy (non-hydrogen) atoms. The first kappa shape index (κ1) is 19.1. The van der Waals surface area contributed by atoms with Gasteiger partial charge in [0.1, 0.15) is 23.6 Å². The minimum absolute atomic E-state index is 0.0194. The lowest BCUT2D eigenvalue weighted by atomic mass is 10.2. The molecule has 1 aliphatic heterocycles. The van der Waals surface area contributed by atoms with Crippen LogP contribution in [0.4, 0.5) is 31.8 Å². The molecular formula is C21H22F2N6. The lowest BCUT2D eigenvalue weighted by Crippen LogP contribution is -2.46. The Bertz CT molecular complexity index is 974. The fraction of sp³-hybridized carbons (Fsp3) is 0.238. The number of nitrogen functional groups attached to an aromatic ring is 1. The zero-order valence-corrected chi connectivity index (χ0v) is 15.9. The molecule has 0 radical (unpaired) electrons. The summed E-state index contributed by atoms with van der Waals surface area (Å²) in [5, 5.41) is 2.77. The number of halogens is 2. The van der Waals surface area contributed by atoms with Crippen molar-refractivity contribution in [3.8, 4) is 0 Å². The predicted molar refractivity (Wildman–Crippen MR) is 110 cm³/mol. The first-order valence-corrected chi connectivity index (χ1v) is 9.44. The minimum atomic E-state index is -0.583. The van der Waals surface area contributed by atoms with E-state index in [1.165, 1.54) is 11.9 Å². The van der Waals surface area contributed by atoms with Crippen molar-refractivity contribution in [1.29, 1.82) is 0 Å². The van der Waals surface area contributed by atoms with E-state index in [0.717, 1.165) is 50.9 Å². The van der Waals surface area contributed by atoms with Gasteiger partial charge in [-0.15, -0.1) is 0 Å². The molecule has 0 amide bonds. The summed E-state index contributed by atoms with van der Waals surface area (Å²) in [4.78, 5) is 12.9. The van der Waals surface area contributed by atoms with Gasteiger partial charge in [0, 0.05) is 38.8 Å². The molecular weight excluding hydrogens is 374 g/mol. The van der Waals surface area contributed by atoms with E-state index in [4.69, 9.17) is 5.73 Å². The third-order valence-electron chi connectivity index (χ3n) is 4.97. The Morgan fingerprint density at radius 2 is 1.72 bits per heavy atom. The van der Waals surface area contributed by atoms with Crippen LogP contribution in [0.15, 0.2) is 54.9 Å². The first-order valence-electron chi connectivity index (χ1n) is 9.44. The van der Waals surface area contributed by atoms with Gasteiger partial charge >= 0.3 is 0 Å². The van der Waals surface area contributed by atoms with Crippen LogP contribution >= 0.6 is 0 Å². The Morgan fingerprint density at radius 3 is 2.48 bits per heavy atom. The van der Waals surface area contributed by atoms with Crippen LogP contribution in [0.5, 0.6) is 0 Å². The summed E-state index contributed by atoms with van der Waals surface area (Å²) in [6.45, 7) is 4.18. The Kier molecular flexibility index (Phi) is 5.53. The minimum Gasteiger partial charge on any atom is -0.393 e. The molecule has 2 aromatic carbocycles. The molecule has 1 aliphatic rings. The van der Waals surface area contributed by atoms with Gasteiger partial charge in [0.25, 0.3) is 0 Å². The number of benzene rings is 2. The maximum Gasteiger partial charge on any atom is 0.159 e. The predicted octanol–water partition coefficient (Wildman–Crippen LogP) is 3.40. The van der Waals surface area contributed by atoms with E-state index in [1.807, 2.05) is 18.2 Å². The average Bonchev–Trinajstić information content (AvgIpc) is 2.74. The molecule has 3 aromatic rings. The van der Waals surface area contributed by atoms with Crippen LogP contribution in [0.1, 0.15) is 5.56 Å². The Morgan fingerprint density at radius 1 is 0.966 bits per heavy atom.